The lowest BCUT2D eigenvalue weighted by Crippen LogP contribution is -2.21. The van der Waals surface area contributed by atoms with Crippen molar-refractivity contribution in [2.24, 2.45) is 5.92 Å². The molecule has 1 atom stereocenters. The number of aliphatic hydroxyl groups excluding tert-OH is 1. The Hall–Kier alpha value is -1.09. The maximum Gasteiger partial charge on any atom is 0.309 e. The van der Waals surface area contributed by atoms with Crippen LogP contribution in [0.5, 0.6) is 0 Å². The zero-order valence-corrected chi connectivity index (χ0v) is 11.4. The quantitative estimate of drug-likeness (QED) is 0.584. The van der Waals surface area contributed by atoms with Crippen molar-refractivity contribution < 1.29 is 14.6 Å². The van der Waals surface area contributed by atoms with Crippen molar-refractivity contribution in [3.05, 3.63) is 23.3 Å². The first-order chi connectivity index (χ1) is 8.63. The van der Waals surface area contributed by atoms with Crippen LogP contribution in [-0.2, 0) is 9.53 Å². The molecule has 102 valence electrons. The summed E-state index contributed by atoms with van der Waals surface area (Å²) in [6.45, 7) is 4.22. The summed E-state index contributed by atoms with van der Waals surface area (Å²) in [5.74, 6) is -0.167. The minimum atomic E-state index is -0.156. The molecular formula is C15H24O3. The molecule has 0 radical (unpaired) electrons. The van der Waals surface area contributed by atoms with E-state index in [0.717, 1.165) is 32.1 Å². The van der Waals surface area contributed by atoms with Crippen LogP contribution in [0.2, 0.25) is 0 Å². The minimum absolute atomic E-state index is 0.0109. The number of hydrogen-bond donors (Lipinski definition) is 1. The Morgan fingerprint density at radius 1 is 1.56 bits per heavy atom. The summed E-state index contributed by atoms with van der Waals surface area (Å²) in [4.78, 5) is 11.7. The molecule has 0 aromatic rings. The highest BCUT2D eigenvalue weighted by Gasteiger charge is 2.23. The third-order valence-electron chi connectivity index (χ3n) is 3.14. The molecule has 0 aliphatic heterocycles. The van der Waals surface area contributed by atoms with Gasteiger partial charge in [0, 0.05) is 0 Å². The zero-order chi connectivity index (χ0) is 13.4. The molecule has 1 N–H and O–H groups in total. The monoisotopic (exact) mass is 252 g/mol. The van der Waals surface area contributed by atoms with Gasteiger partial charge in [-0.3, -0.25) is 4.79 Å². The predicted molar refractivity (Wildman–Crippen MR) is 72.1 cm³/mol. The first-order valence-corrected chi connectivity index (χ1v) is 6.72. The Labute approximate surface area is 110 Å². The molecular weight excluding hydrogens is 228 g/mol. The number of esters is 1. The molecule has 0 aromatic heterocycles. The summed E-state index contributed by atoms with van der Waals surface area (Å²) in [6, 6.07) is 0. The average molecular weight is 252 g/mol. The number of ether oxygens (including phenoxy) is 1. The number of allylic oxidation sites excluding steroid dienone is 4. The molecule has 0 bridgehead atoms. The summed E-state index contributed by atoms with van der Waals surface area (Å²) in [6.07, 6.45) is 9.23. The van der Waals surface area contributed by atoms with Gasteiger partial charge in [-0.2, -0.15) is 0 Å². The topological polar surface area (TPSA) is 46.5 Å². The molecule has 18 heavy (non-hydrogen) atoms. The summed E-state index contributed by atoms with van der Waals surface area (Å²) in [5, 5.41) is 8.64. The third-order valence-corrected chi connectivity index (χ3v) is 3.14. The second-order valence-corrected chi connectivity index (χ2v) is 5.05. The smallest absolute Gasteiger partial charge is 0.309 e. The lowest BCUT2D eigenvalue weighted by Gasteiger charge is -2.21. The van der Waals surface area contributed by atoms with E-state index in [-0.39, 0.29) is 25.1 Å². The van der Waals surface area contributed by atoms with E-state index in [1.165, 1.54) is 11.1 Å². The van der Waals surface area contributed by atoms with Gasteiger partial charge in [-0.25, -0.2) is 0 Å². The third kappa shape index (κ3) is 5.50. The van der Waals surface area contributed by atoms with Crippen LogP contribution >= 0.6 is 0 Å². The fourth-order valence-corrected chi connectivity index (χ4v) is 2.21. The Morgan fingerprint density at radius 3 is 3.00 bits per heavy atom. The number of carbonyl (C=O) groups is 1. The van der Waals surface area contributed by atoms with Crippen LogP contribution < -0.4 is 0 Å². The van der Waals surface area contributed by atoms with Crippen LogP contribution in [0.4, 0.5) is 0 Å². The van der Waals surface area contributed by atoms with Crippen molar-refractivity contribution in [3.63, 3.8) is 0 Å². The highest BCUT2D eigenvalue weighted by molar-refractivity contribution is 5.73. The van der Waals surface area contributed by atoms with Crippen molar-refractivity contribution >= 4 is 5.97 Å². The van der Waals surface area contributed by atoms with Crippen LogP contribution in [-0.4, -0.2) is 24.3 Å². The summed E-state index contributed by atoms with van der Waals surface area (Å²) < 4.78 is 4.99. The van der Waals surface area contributed by atoms with E-state index < -0.39 is 0 Å². The Morgan fingerprint density at radius 2 is 2.33 bits per heavy atom. The highest BCUT2D eigenvalue weighted by atomic mass is 16.5. The molecule has 0 aromatic carbocycles. The van der Waals surface area contributed by atoms with Crippen LogP contribution in [0, 0.1) is 5.92 Å². The molecule has 0 saturated heterocycles. The zero-order valence-electron chi connectivity index (χ0n) is 11.4. The molecule has 1 aliphatic carbocycles. The normalized spacial score (nSPS) is 19.1. The fraction of sp³-hybridized carbons (Fsp3) is 0.667. The second kappa shape index (κ2) is 8.09. The summed E-state index contributed by atoms with van der Waals surface area (Å²) in [7, 11) is 0. The van der Waals surface area contributed by atoms with Crippen LogP contribution in [0.1, 0.15) is 46.0 Å². The SMILES string of the molecule is CC(C)=CCCC1=CCCC(C(=O)OCCO)C1. The van der Waals surface area contributed by atoms with Gasteiger partial charge in [0.2, 0.25) is 0 Å². The largest absolute Gasteiger partial charge is 0.463 e. The molecule has 0 fully saturated rings. The van der Waals surface area contributed by atoms with Crippen molar-refractivity contribution in [2.75, 3.05) is 13.2 Å². The van der Waals surface area contributed by atoms with Gasteiger partial charge in [0.25, 0.3) is 0 Å². The van der Waals surface area contributed by atoms with Gasteiger partial charge >= 0.3 is 5.97 Å². The van der Waals surface area contributed by atoms with Gasteiger partial charge < -0.3 is 9.84 Å². The molecule has 0 amide bonds. The molecule has 0 heterocycles. The van der Waals surface area contributed by atoms with Gasteiger partial charge in [-0.1, -0.05) is 23.3 Å². The van der Waals surface area contributed by atoms with Crippen LogP contribution in [0.25, 0.3) is 0 Å². The van der Waals surface area contributed by atoms with E-state index in [1.807, 2.05) is 0 Å². The van der Waals surface area contributed by atoms with Crippen molar-refractivity contribution in [2.45, 2.75) is 46.0 Å². The van der Waals surface area contributed by atoms with Gasteiger partial charge in [-0.05, 0) is 46.0 Å². The van der Waals surface area contributed by atoms with E-state index in [2.05, 4.69) is 26.0 Å². The minimum Gasteiger partial charge on any atom is -0.463 e. The maximum absolute atomic E-state index is 11.7. The van der Waals surface area contributed by atoms with Crippen molar-refractivity contribution in [1.82, 2.24) is 0 Å². The van der Waals surface area contributed by atoms with E-state index in [0.29, 0.717) is 0 Å². The lowest BCUT2D eigenvalue weighted by atomic mass is 9.87. The highest BCUT2D eigenvalue weighted by Crippen LogP contribution is 2.28. The van der Waals surface area contributed by atoms with Gasteiger partial charge in [0.05, 0.1) is 12.5 Å². The maximum atomic E-state index is 11.7. The Kier molecular flexibility index (Phi) is 6.73. The van der Waals surface area contributed by atoms with E-state index in [9.17, 15) is 4.79 Å². The second-order valence-electron chi connectivity index (χ2n) is 5.05. The number of hydrogen-bond acceptors (Lipinski definition) is 3. The Bertz CT molecular complexity index is 325. The van der Waals surface area contributed by atoms with Crippen molar-refractivity contribution in [1.29, 1.82) is 0 Å². The molecule has 0 spiro atoms. The first kappa shape index (κ1) is 15.0. The fourth-order valence-electron chi connectivity index (χ4n) is 2.21. The standard InChI is InChI=1S/C15H24O3/c1-12(2)5-3-6-13-7-4-8-14(11-13)15(17)18-10-9-16/h5,7,14,16H,3-4,6,8-11H2,1-2H3. The van der Waals surface area contributed by atoms with Gasteiger partial charge in [0.1, 0.15) is 6.61 Å². The first-order valence-electron chi connectivity index (χ1n) is 6.72. The number of aliphatic hydroxyl groups is 1. The summed E-state index contributed by atoms with van der Waals surface area (Å²) in [5.41, 5.74) is 2.70. The van der Waals surface area contributed by atoms with E-state index >= 15 is 0 Å². The molecule has 1 aliphatic rings. The molecule has 1 rings (SSSR count). The van der Waals surface area contributed by atoms with Gasteiger partial charge in [0.15, 0.2) is 0 Å². The number of carbonyl (C=O) groups excluding carboxylic acids is 1. The van der Waals surface area contributed by atoms with Crippen LogP contribution in [0.15, 0.2) is 23.3 Å². The number of rotatable bonds is 6. The summed E-state index contributed by atoms with van der Waals surface area (Å²) >= 11 is 0. The van der Waals surface area contributed by atoms with E-state index in [1.54, 1.807) is 0 Å². The molecule has 3 heteroatoms. The van der Waals surface area contributed by atoms with E-state index in [4.69, 9.17) is 9.84 Å². The molecule has 0 saturated carbocycles. The van der Waals surface area contributed by atoms with Crippen LogP contribution in [0.3, 0.4) is 0 Å². The Balaban J connectivity index is 2.37. The molecule has 1 unspecified atom stereocenters. The van der Waals surface area contributed by atoms with Gasteiger partial charge in [-0.15, -0.1) is 0 Å². The lowest BCUT2D eigenvalue weighted by molar-refractivity contribution is -0.149. The van der Waals surface area contributed by atoms with Crippen molar-refractivity contribution in [3.8, 4) is 0 Å². The predicted octanol–water partition coefficient (Wildman–Crippen LogP) is 2.99. The molecule has 3 nitrogen and oxygen atoms in total. The average Bonchev–Trinajstić information content (AvgIpc) is 2.36.